The summed E-state index contributed by atoms with van der Waals surface area (Å²) in [6, 6.07) is 0.877. The number of carbonyl (C=O) groups is 1. The van der Waals surface area contributed by atoms with E-state index in [0.717, 1.165) is 12.3 Å². The number of aromatic nitrogens is 1. The smallest absolute Gasteiger partial charge is 0.396 e. The molecule has 0 atom stereocenters. The summed E-state index contributed by atoms with van der Waals surface area (Å²) in [4.78, 5) is 16.6. The van der Waals surface area contributed by atoms with E-state index >= 15 is 0 Å². The van der Waals surface area contributed by atoms with Gasteiger partial charge in [0.1, 0.15) is 0 Å². The first-order valence-corrected chi connectivity index (χ1v) is 6.16. The number of piperidine rings is 1. The molecule has 1 aromatic heterocycles. The van der Waals surface area contributed by atoms with Crippen molar-refractivity contribution in [1.82, 2.24) is 4.98 Å². The lowest BCUT2D eigenvalue weighted by Crippen LogP contribution is -2.39. The van der Waals surface area contributed by atoms with Crippen LogP contribution in [0.25, 0.3) is 0 Å². The summed E-state index contributed by atoms with van der Waals surface area (Å²) in [5, 5.41) is 0. The number of alkyl halides is 3. The first-order chi connectivity index (χ1) is 9.29. The van der Waals surface area contributed by atoms with E-state index in [1.165, 1.54) is 0 Å². The van der Waals surface area contributed by atoms with Crippen LogP contribution in [0.4, 0.5) is 24.7 Å². The minimum Gasteiger partial charge on any atom is -0.396 e. The maximum atomic E-state index is 12.5. The highest BCUT2D eigenvalue weighted by molar-refractivity contribution is 5.77. The molecule has 2 heterocycles. The van der Waals surface area contributed by atoms with Gasteiger partial charge in [-0.1, -0.05) is 0 Å². The third-order valence-corrected chi connectivity index (χ3v) is 3.42. The second kappa shape index (κ2) is 5.18. The van der Waals surface area contributed by atoms with E-state index in [2.05, 4.69) is 4.98 Å². The fraction of sp³-hybridized carbons (Fsp3) is 0.500. The summed E-state index contributed by atoms with van der Waals surface area (Å²) in [7, 11) is 0. The van der Waals surface area contributed by atoms with Crippen molar-refractivity contribution < 1.29 is 18.0 Å². The average Bonchev–Trinajstić information content (AvgIpc) is 2.37. The summed E-state index contributed by atoms with van der Waals surface area (Å²) in [6.45, 7) is 0.992. The quantitative estimate of drug-likeness (QED) is 0.861. The van der Waals surface area contributed by atoms with Crippen LogP contribution < -0.4 is 16.4 Å². The molecule has 0 unspecified atom stereocenters. The Hall–Kier alpha value is -1.99. The van der Waals surface area contributed by atoms with E-state index < -0.39 is 11.7 Å². The molecule has 0 bridgehead atoms. The molecule has 4 N–H and O–H groups in total. The molecule has 0 radical (unpaired) electrons. The third kappa shape index (κ3) is 2.94. The maximum absolute atomic E-state index is 12.5. The van der Waals surface area contributed by atoms with Crippen LogP contribution in [0.2, 0.25) is 0 Å². The monoisotopic (exact) mass is 288 g/mol. The highest BCUT2D eigenvalue weighted by atomic mass is 19.4. The van der Waals surface area contributed by atoms with Gasteiger partial charge >= 0.3 is 6.18 Å². The van der Waals surface area contributed by atoms with Crippen LogP contribution >= 0.6 is 0 Å². The van der Waals surface area contributed by atoms with E-state index in [-0.39, 0.29) is 17.5 Å². The zero-order chi connectivity index (χ0) is 14.9. The lowest BCUT2D eigenvalue weighted by Gasteiger charge is -2.32. The van der Waals surface area contributed by atoms with Crippen molar-refractivity contribution in [2.24, 2.45) is 11.7 Å². The molecule has 110 valence electrons. The van der Waals surface area contributed by atoms with Crippen molar-refractivity contribution in [2.75, 3.05) is 23.7 Å². The van der Waals surface area contributed by atoms with Crippen molar-refractivity contribution in [2.45, 2.75) is 19.0 Å². The fourth-order valence-corrected chi connectivity index (χ4v) is 2.27. The molecule has 0 aliphatic carbocycles. The number of pyridine rings is 1. The van der Waals surface area contributed by atoms with Crippen LogP contribution in [-0.2, 0) is 11.0 Å². The van der Waals surface area contributed by atoms with Gasteiger partial charge in [-0.2, -0.15) is 13.2 Å². The molecule has 0 saturated carbocycles. The van der Waals surface area contributed by atoms with E-state index in [4.69, 9.17) is 11.5 Å². The van der Waals surface area contributed by atoms with Gasteiger partial charge in [-0.3, -0.25) is 4.79 Å². The minimum atomic E-state index is -4.46. The van der Waals surface area contributed by atoms with Gasteiger partial charge in [0, 0.05) is 25.2 Å². The summed E-state index contributed by atoms with van der Waals surface area (Å²) in [6.07, 6.45) is -2.58. The molecule has 0 aromatic carbocycles. The predicted octanol–water partition coefficient (Wildman–Crippen LogP) is 1.38. The van der Waals surface area contributed by atoms with Crippen molar-refractivity contribution in [1.29, 1.82) is 0 Å². The van der Waals surface area contributed by atoms with Crippen LogP contribution in [0.1, 0.15) is 18.4 Å². The number of halogens is 3. The first-order valence-electron chi connectivity index (χ1n) is 6.16. The Morgan fingerprint density at radius 1 is 1.35 bits per heavy atom. The topological polar surface area (TPSA) is 85.2 Å². The Morgan fingerprint density at radius 3 is 2.40 bits per heavy atom. The zero-order valence-electron chi connectivity index (χ0n) is 10.7. The number of hydrogen-bond donors (Lipinski definition) is 2. The SMILES string of the molecule is NC(=O)C1CCN(c2ncc(C(F)(F)F)cc2N)CC1. The number of nitrogen functional groups attached to an aromatic ring is 1. The van der Waals surface area contributed by atoms with E-state index in [1.54, 1.807) is 4.90 Å². The fourth-order valence-electron chi connectivity index (χ4n) is 2.27. The van der Waals surface area contributed by atoms with Gasteiger partial charge in [-0.15, -0.1) is 0 Å². The highest BCUT2D eigenvalue weighted by Crippen LogP contribution is 2.33. The molecule has 5 nitrogen and oxygen atoms in total. The third-order valence-electron chi connectivity index (χ3n) is 3.42. The van der Waals surface area contributed by atoms with E-state index in [9.17, 15) is 18.0 Å². The van der Waals surface area contributed by atoms with Crippen LogP contribution in [0, 0.1) is 5.92 Å². The molecule has 0 spiro atoms. The Morgan fingerprint density at radius 2 is 1.95 bits per heavy atom. The molecule has 1 aliphatic heterocycles. The molecule has 1 aromatic rings. The molecule has 20 heavy (non-hydrogen) atoms. The molecule has 1 saturated heterocycles. The minimum absolute atomic E-state index is 0.0163. The lowest BCUT2D eigenvalue weighted by atomic mass is 9.96. The summed E-state index contributed by atoms with van der Waals surface area (Å²) in [5.41, 5.74) is 9.99. The van der Waals surface area contributed by atoms with Crippen LogP contribution in [0.15, 0.2) is 12.3 Å². The number of nitrogens with two attached hydrogens (primary N) is 2. The molecule has 2 rings (SSSR count). The normalized spacial score (nSPS) is 17.2. The number of rotatable bonds is 2. The average molecular weight is 288 g/mol. The van der Waals surface area contributed by atoms with Crippen molar-refractivity contribution in [3.63, 3.8) is 0 Å². The molecule has 1 amide bonds. The second-order valence-electron chi connectivity index (χ2n) is 4.80. The first kappa shape index (κ1) is 14.4. The van der Waals surface area contributed by atoms with Gasteiger partial charge in [0.25, 0.3) is 0 Å². The van der Waals surface area contributed by atoms with Crippen LogP contribution in [0.5, 0.6) is 0 Å². The predicted molar refractivity (Wildman–Crippen MR) is 67.8 cm³/mol. The van der Waals surface area contributed by atoms with Gasteiger partial charge in [0.05, 0.1) is 11.3 Å². The number of hydrogen-bond acceptors (Lipinski definition) is 4. The summed E-state index contributed by atoms with van der Waals surface area (Å²) in [5.74, 6) is -0.221. The second-order valence-corrected chi connectivity index (χ2v) is 4.80. The van der Waals surface area contributed by atoms with E-state index in [0.29, 0.717) is 31.7 Å². The number of nitrogens with zero attached hydrogens (tertiary/aromatic N) is 2. The Bertz CT molecular complexity index is 510. The van der Waals surface area contributed by atoms with Crippen molar-refractivity contribution in [3.05, 3.63) is 17.8 Å². The molecule has 1 fully saturated rings. The number of primary amides is 1. The Labute approximate surface area is 113 Å². The molecule has 8 heteroatoms. The molecular formula is C12H15F3N4O. The van der Waals surface area contributed by atoms with Crippen molar-refractivity contribution >= 4 is 17.4 Å². The number of anilines is 2. The standard InChI is InChI=1S/C12H15F3N4O/c13-12(14,15)8-5-9(16)11(18-6-8)19-3-1-7(2-4-19)10(17)20/h5-7H,1-4,16H2,(H2,17,20). The summed E-state index contributed by atoms with van der Waals surface area (Å²) >= 11 is 0. The highest BCUT2D eigenvalue weighted by Gasteiger charge is 2.32. The number of amides is 1. The van der Waals surface area contributed by atoms with Gasteiger partial charge in [0.15, 0.2) is 5.82 Å². The van der Waals surface area contributed by atoms with Crippen LogP contribution in [-0.4, -0.2) is 24.0 Å². The van der Waals surface area contributed by atoms with Gasteiger partial charge in [0.2, 0.25) is 5.91 Å². The molecular weight excluding hydrogens is 273 g/mol. The Kier molecular flexibility index (Phi) is 3.74. The largest absolute Gasteiger partial charge is 0.417 e. The van der Waals surface area contributed by atoms with Gasteiger partial charge in [-0.05, 0) is 18.9 Å². The Balaban J connectivity index is 2.13. The lowest BCUT2D eigenvalue weighted by molar-refractivity contribution is -0.137. The molecule has 1 aliphatic rings. The zero-order valence-corrected chi connectivity index (χ0v) is 10.7. The summed E-state index contributed by atoms with van der Waals surface area (Å²) < 4.78 is 37.6. The van der Waals surface area contributed by atoms with E-state index in [1.807, 2.05) is 0 Å². The van der Waals surface area contributed by atoms with Crippen LogP contribution in [0.3, 0.4) is 0 Å². The number of carbonyl (C=O) groups excluding carboxylic acids is 1. The van der Waals surface area contributed by atoms with Gasteiger partial charge in [-0.25, -0.2) is 4.98 Å². The van der Waals surface area contributed by atoms with Gasteiger partial charge < -0.3 is 16.4 Å². The van der Waals surface area contributed by atoms with Crippen molar-refractivity contribution in [3.8, 4) is 0 Å². The maximum Gasteiger partial charge on any atom is 0.417 e.